The van der Waals surface area contributed by atoms with E-state index in [0.29, 0.717) is 23.5 Å². The Hall–Kier alpha value is -3.78. The predicted octanol–water partition coefficient (Wildman–Crippen LogP) is 5.92. The first-order chi connectivity index (χ1) is 14.2. The average Bonchev–Trinajstić information content (AvgIpc) is 2.77. The van der Waals surface area contributed by atoms with E-state index in [1.54, 1.807) is 24.3 Å². The zero-order valence-electron chi connectivity index (χ0n) is 16.1. The van der Waals surface area contributed by atoms with Gasteiger partial charge in [-0.1, -0.05) is 67.6 Å². The predicted molar refractivity (Wildman–Crippen MR) is 110 cm³/mol. The normalized spacial score (nSPS) is 12.3. The molecule has 0 fully saturated rings. The van der Waals surface area contributed by atoms with Crippen molar-refractivity contribution >= 4 is 6.09 Å². The van der Waals surface area contributed by atoms with Gasteiger partial charge in [0.2, 0.25) is 6.10 Å². The summed E-state index contributed by atoms with van der Waals surface area (Å²) in [7, 11) is 0. The maximum Gasteiger partial charge on any atom is 0.409 e. The summed E-state index contributed by atoms with van der Waals surface area (Å²) in [6, 6.07) is 27.8. The van der Waals surface area contributed by atoms with E-state index < -0.39 is 12.2 Å². The van der Waals surface area contributed by atoms with Crippen molar-refractivity contribution in [2.24, 2.45) is 0 Å². The number of carbonyl (C=O) groups is 1. The Bertz CT molecular complexity index is 968. The number of para-hydroxylation sites is 1. The highest BCUT2D eigenvalue weighted by Crippen LogP contribution is 2.26. The van der Waals surface area contributed by atoms with E-state index in [9.17, 15) is 10.1 Å². The number of alkyl carbamates (subject to hydrolysis) is 1. The summed E-state index contributed by atoms with van der Waals surface area (Å²) in [5, 5.41) is 12.3. The third-order valence-electron chi connectivity index (χ3n) is 4.38. The van der Waals surface area contributed by atoms with Crippen LogP contribution in [-0.4, -0.2) is 6.09 Å². The van der Waals surface area contributed by atoms with Crippen LogP contribution in [-0.2, 0) is 4.74 Å². The molecule has 1 N–H and O–H groups in total. The van der Waals surface area contributed by atoms with Gasteiger partial charge in [0.1, 0.15) is 17.6 Å². The van der Waals surface area contributed by atoms with Crippen LogP contribution in [0.3, 0.4) is 0 Å². The van der Waals surface area contributed by atoms with E-state index >= 15 is 0 Å². The number of amides is 1. The lowest BCUT2D eigenvalue weighted by atomic mass is 10.1. The van der Waals surface area contributed by atoms with Gasteiger partial charge in [-0.05, 0) is 36.2 Å². The molecule has 0 aromatic heterocycles. The molecule has 0 heterocycles. The summed E-state index contributed by atoms with van der Waals surface area (Å²) >= 11 is 0. The number of nitrogens with one attached hydrogen (secondary N) is 1. The molecule has 0 aliphatic rings. The molecule has 0 bridgehead atoms. The molecule has 0 spiro atoms. The van der Waals surface area contributed by atoms with Gasteiger partial charge >= 0.3 is 6.09 Å². The van der Waals surface area contributed by atoms with Crippen LogP contribution in [0.4, 0.5) is 4.79 Å². The lowest BCUT2D eigenvalue weighted by Crippen LogP contribution is -2.29. The highest BCUT2D eigenvalue weighted by atomic mass is 16.6. The second-order valence-electron chi connectivity index (χ2n) is 6.42. The van der Waals surface area contributed by atoms with Crippen LogP contribution < -0.4 is 10.1 Å². The number of hydrogen-bond acceptors (Lipinski definition) is 4. The second kappa shape index (κ2) is 9.95. The van der Waals surface area contributed by atoms with Gasteiger partial charge in [0, 0.05) is 5.56 Å². The van der Waals surface area contributed by atoms with Crippen LogP contribution in [0, 0.1) is 11.3 Å². The SMILES string of the molecule is CCC(NC(=O)OC(C#N)c1cccc(Oc2ccccc2)c1)c1ccccc1. The lowest BCUT2D eigenvalue weighted by molar-refractivity contribution is 0.119. The number of carbonyl (C=O) groups excluding carboxylic acids is 1. The Morgan fingerprint density at radius 1 is 0.931 bits per heavy atom. The molecule has 0 aliphatic carbocycles. The van der Waals surface area contributed by atoms with E-state index in [4.69, 9.17) is 9.47 Å². The van der Waals surface area contributed by atoms with Crippen LogP contribution in [0.1, 0.15) is 36.6 Å². The van der Waals surface area contributed by atoms with Gasteiger partial charge in [-0.15, -0.1) is 0 Å². The van der Waals surface area contributed by atoms with Crippen molar-refractivity contribution in [2.75, 3.05) is 0 Å². The van der Waals surface area contributed by atoms with Gasteiger partial charge in [0.05, 0.1) is 6.04 Å². The minimum atomic E-state index is -1.04. The summed E-state index contributed by atoms with van der Waals surface area (Å²) in [5.74, 6) is 1.25. The minimum Gasteiger partial charge on any atom is -0.457 e. The van der Waals surface area contributed by atoms with E-state index in [1.807, 2.05) is 73.7 Å². The zero-order chi connectivity index (χ0) is 20.5. The molecular weight excluding hydrogens is 364 g/mol. The Balaban J connectivity index is 1.67. The van der Waals surface area contributed by atoms with Crippen molar-refractivity contribution in [2.45, 2.75) is 25.5 Å². The standard InChI is InChI=1S/C24H22N2O3/c1-2-22(18-10-5-3-6-11-18)26-24(27)29-23(17-25)19-12-9-15-21(16-19)28-20-13-7-4-8-14-20/h3-16,22-23H,2H2,1H3,(H,26,27). The van der Waals surface area contributed by atoms with Gasteiger partial charge in [-0.25, -0.2) is 4.79 Å². The van der Waals surface area contributed by atoms with Crippen molar-refractivity contribution in [1.29, 1.82) is 5.26 Å². The van der Waals surface area contributed by atoms with Crippen LogP contribution in [0.25, 0.3) is 0 Å². The molecule has 0 radical (unpaired) electrons. The molecule has 0 saturated heterocycles. The Kier molecular flexibility index (Phi) is 6.85. The maximum absolute atomic E-state index is 12.4. The van der Waals surface area contributed by atoms with Crippen LogP contribution in [0.15, 0.2) is 84.9 Å². The summed E-state index contributed by atoms with van der Waals surface area (Å²) in [6.45, 7) is 1.98. The molecule has 3 aromatic rings. The Morgan fingerprint density at radius 2 is 1.55 bits per heavy atom. The number of rotatable bonds is 7. The van der Waals surface area contributed by atoms with Gasteiger partial charge in [-0.2, -0.15) is 5.26 Å². The number of nitriles is 1. The average molecular weight is 386 g/mol. The molecule has 0 aliphatic heterocycles. The van der Waals surface area contributed by atoms with E-state index in [0.717, 1.165) is 5.56 Å². The van der Waals surface area contributed by atoms with E-state index in [2.05, 4.69) is 5.32 Å². The third kappa shape index (κ3) is 5.60. The molecule has 2 atom stereocenters. The Labute approximate surface area is 170 Å². The summed E-state index contributed by atoms with van der Waals surface area (Å²) < 4.78 is 11.2. The highest BCUT2D eigenvalue weighted by molar-refractivity contribution is 5.68. The van der Waals surface area contributed by atoms with Gasteiger partial charge < -0.3 is 14.8 Å². The van der Waals surface area contributed by atoms with Gasteiger partial charge in [-0.3, -0.25) is 0 Å². The minimum absolute atomic E-state index is 0.184. The largest absolute Gasteiger partial charge is 0.457 e. The van der Waals surface area contributed by atoms with E-state index in [-0.39, 0.29) is 6.04 Å². The van der Waals surface area contributed by atoms with Crippen LogP contribution in [0.2, 0.25) is 0 Å². The molecule has 3 aromatic carbocycles. The van der Waals surface area contributed by atoms with Gasteiger partial charge in [0.25, 0.3) is 0 Å². The lowest BCUT2D eigenvalue weighted by Gasteiger charge is -2.19. The number of benzene rings is 3. The number of nitrogens with zero attached hydrogens (tertiary/aromatic N) is 1. The van der Waals surface area contributed by atoms with Crippen molar-refractivity contribution < 1.29 is 14.3 Å². The summed E-state index contributed by atoms with van der Waals surface area (Å²) in [6.07, 6.45) is -0.972. The fraction of sp³-hybridized carbons (Fsp3) is 0.167. The first kappa shape index (κ1) is 20.0. The smallest absolute Gasteiger partial charge is 0.409 e. The van der Waals surface area contributed by atoms with Crippen LogP contribution >= 0.6 is 0 Å². The van der Waals surface area contributed by atoms with Crippen LogP contribution in [0.5, 0.6) is 11.5 Å². The molecular formula is C24H22N2O3. The molecule has 1 amide bonds. The first-order valence-corrected chi connectivity index (χ1v) is 9.44. The summed E-state index contributed by atoms with van der Waals surface area (Å²) in [4.78, 5) is 12.4. The van der Waals surface area contributed by atoms with Gasteiger partial charge in [0.15, 0.2) is 0 Å². The topological polar surface area (TPSA) is 71.3 Å². The van der Waals surface area contributed by atoms with Crippen molar-refractivity contribution in [3.05, 3.63) is 96.1 Å². The number of hydrogen-bond donors (Lipinski definition) is 1. The first-order valence-electron chi connectivity index (χ1n) is 9.44. The molecule has 29 heavy (non-hydrogen) atoms. The fourth-order valence-electron chi connectivity index (χ4n) is 2.92. The Morgan fingerprint density at radius 3 is 2.21 bits per heavy atom. The van der Waals surface area contributed by atoms with Crippen molar-refractivity contribution in [3.63, 3.8) is 0 Å². The summed E-state index contributed by atoms with van der Waals surface area (Å²) in [5.41, 5.74) is 1.53. The van der Waals surface area contributed by atoms with Crippen molar-refractivity contribution in [3.8, 4) is 17.6 Å². The fourth-order valence-corrected chi connectivity index (χ4v) is 2.92. The zero-order valence-corrected chi connectivity index (χ0v) is 16.1. The molecule has 2 unspecified atom stereocenters. The number of ether oxygens (including phenoxy) is 2. The van der Waals surface area contributed by atoms with Crippen molar-refractivity contribution in [1.82, 2.24) is 5.32 Å². The highest BCUT2D eigenvalue weighted by Gasteiger charge is 2.19. The molecule has 146 valence electrons. The monoisotopic (exact) mass is 386 g/mol. The molecule has 5 nitrogen and oxygen atoms in total. The molecule has 0 saturated carbocycles. The second-order valence-corrected chi connectivity index (χ2v) is 6.42. The quantitative estimate of drug-likeness (QED) is 0.547. The maximum atomic E-state index is 12.4. The third-order valence-corrected chi connectivity index (χ3v) is 4.38. The van der Waals surface area contributed by atoms with E-state index in [1.165, 1.54) is 0 Å². The molecule has 5 heteroatoms. The molecule has 3 rings (SSSR count).